The lowest BCUT2D eigenvalue weighted by molar-refractivity contribution is -0.264. The molecule has 11 heteroatoms. The first kappa shape index (κ1) is 14.8. The van der Waals surface area contributed by atoms with Gasteiger partial charge in [-0.2, -0.15) is 0 Å². The first-order valence-electron chi connectivity index (χ1n) is 4.41. The molecule has 0 saturated carbocycles. The molecule has 1 fully saturated rings. The van der Waals surface area contributed by atoms with Gasteiger partial charge in [-0.3, -0.25) is 14.3 Å². The lowest BCUT2D eigenvalue weighted by atomic mass is 10.2. The molecule has 10 nitrogen and oxygen atoms in total. The van der Waals surface area contributed by atoms with Gasteiger partial charge in [0.15, 0.2) is 6.29 Å². The quantitative estimate of drug-likeness (QED) is 0.297. The molecule has 0 aliphatic carbocycles. The van der Waals surface area contributed by atoms with Crippen molar-refractivity contribution in [1.82, 2.24) is 0 Å². The van der Waals surface area contributed by atoms with Crippen molar-refractivity contribution in [3.8, 4) is 0 Å². The van der Waals surface area contributed by atoms with Crippen LogP contribution in [-0.2, 0) is 37.8 Å². The van der Waals surface area contributed by atoms with E-state index >= 15 is 0 Å². The molecule has 1 aliphatic rings. The van der Waals surface area contributed by atoms with Crippen LogP contribution in [0.25, 0.3) is 0 Å². The summed E-state index contributed by atoms with van der Waals surface area (Å²) in [4.78, 5) is 30.2. The maximum atomic E-state index is 11.6. The van der Waals surface area contributed by atoms with E-state index in [4.69, 9.17) is 10.2 Å². The van der Waals surface area contributed by atoms with Crippen LogP contribution >= 0.6 is 7.82 Å². The molecule has 0 aromatic carbocycles. The molecule has 2 atom stereocenters. The van der Waals surface area contributed by atoms with Crippen molar-refractivity contribution >= 4 is 19.8 Å². The van der Waals surface area contributed by atoms with E-state index in [0.29, 0.717) is 0 Å². The van der Waals surface area contributed by atoms with E-state index in [9.17, 15) is 14.2 Å². The summed E-state index contributed by atoms with van der Waals surface area (Å²) in [5.74, 6) is -2.30. The molecule has 1 heterocycles. The van der Waals surface area contributed by atoms with Crippen molar-refractivity contribution < 1.29 is 48.0 Å². The molecular formula is C7H9O10P. The maximum Gasteiger partial charge on any atom is 0.549 e. The van der Waals surface area contributed by atoms with Gasteiger partial charge in [0.2, 0.25) is 0 Å². The standard InChI is InChI=1S/C7H9O10P/c1-4-2-5(9)13-16-18(12,15-6(10)3-8)17-14-7(4)11/h6,8,10H,1-3H2. The van der Waals surface area contributed by atoms with Gasteiger partial charge in [0.1, 0.15) is 0 Å². The van der Waals surface area contributed by atoms with Crippen molar-refractivity contribution in [1.29, 1.82) is 0 Å². The highest BCUT2D eigenvalue weighted by Gasteiger charge is 2.38. The maximum absolute atomic E-state index is 11.6. The van der Waals surface area contributed by atoms with Crippen molar-refractivity contribution in [2.75, 3.05) is 6.61 Å². The summed E-state index contributed by atoms with van der Waals surface area (Å²) in [7, 11) is -4.72. The minimum absolute atomic E-state index is 0.334. The van der Waals surface area contributed by atoms with Gasteiger partial charge in [0, 0.05) is 5.57 Å². The number of aliphatic hydroxyl groups is 2. The predicted molar refractivity (Wildman–Crippen MR) is 49.9 cm³/mol. The SMILES string of the molecule is C=C1CC(=O)OOP(=O)(OC(O)CO)OOC1=O. The minimum Gasteiger partial charge on any atom is -0.391 e. The molecule has 0 radical (unpaired) electrons. The third-order valence-electron chi connectivity index (χ3n) is 1.48. The Hall–Kier alpha value is -1.29. The predicted octanol–water partition coefficient (Wildman–Crippen LogP) is -0.669. The Bertz CT molecular complexity index is 403. The monoisotopic (exact) mass is 284 g/mol. The van der Waals surface area contributed by atoms with Gasteiger partial charge >= 0.3 is 19.8 Å². The molecule has 102 valence electrons. The summed E-state index contributed by atoms with van der Waals surface area (Å²) in [6, 6.07) is 0. The van der Waals surface area contributed by atoms with Crippen LogP contribution in [0.5, 0.6) is 0 Å². The second kappa shape index (κ2) is 6.05. The highest BCUT2D eigenvalue weighted by Crippen LogP contribution is 2.51. The first-order chi connectivity index (χ1) is 8.36. The minimum atomic E-state index is -4.72. The number of phosphoric acid groups is 1. The molecule has 1 rings (SSSR count). The molecule has 1 aliphatic heterocycles. The van der Waals surface area contributed by atoms with Crippen LogP contribution in [0.3, 0.4) is 0 Å². The molecule has 2 N–H and O–H groups in total. The highest BCUT2D eigenvalue weighted by atomic mass is 31.2. The fourth-order valence-corrected chi connectivity index (χ4v) is 1.52. The van der Waals surface area contributed by atoms with E-state index in [-0.39, 0.29) is 5.57 Å². The van der Waals surface area contributed by atoms with Crippen molar-refractivity contribution in [3.63, 3.8) is 0 Å². The number of rotatable bonds is 3. The number of hydrogen-bond acceptors (Lipinski definition) is 10. The first-order valence-corrected chi connectivity index (χ1v) is 5.87. The second-order valence-electron chi connectivity index (χ2n) is 2.95. The number of carbonyl (C=O) groups excluding carboxylic acids is 2. The zero-order valence-electron chi connectivity index (χ0n) is 8.81. The van der Waals surface area contributed by atoms with Gasteiger partial charge in [-0.1, -0.05) is 15.9 Å². The van der Waals surface area contributed by atoms with Gasteiger partial charge in [-0.05, 0) is 0 Å². The molecule has 0 aromatic heterocycles. The lowest BCUT2D eigenvalue weighted by Crippen LogP contribution is -2.17. The van der Waals surface area contributed by atoms with Gasteiger partial charge in [0.05, 0.1) is 13.0 Å². The van der Waals surface area contributed by atoms with Crippen LogP contribution in [0.4, 0.5) is 0 Å². The van der Waals surface area contributed by atoms with Gasteiger partial charge in [-0.15, -0.1) is 0 Å². The van der Waals surface area contributed by atoms with E-state index in [0.717, 1.165) is 0 Å². The fraction of sp³-hybridized carbons (Fsp3) is 0.429. The summed E-state index contributed by atoms with van der Waals surface area (Å²) in [6.45, 7) is 2.23. The largest absolute Gasteiger partial charge is 0.549 e. The Balaban J connectivity index is 2.80. The topological polar surface area (TPSA) is 138 Å². The van der Waals surface area contributed by atoms with E-state index in [1.807, 2.05) is 0 Å². The van der Waals surface area contributed by atoms with E-state index in [1.54, 1.807) is 0 Å². The van der Waals surface area contributed by atoms with Crippen molar-refractivity contribution in [2.45, 2.75) is 12.7 Å². The Kier molecular flexibility index (Phi) is 4.96. The number of aliphatic hydroxyl groups excluding tert-OH is 2. The normalized spacial score (nSPS) is 27.6. The Morgan fingerprint density at radius 1 is 1.39 bits per heavy atom. The highest BCUT2D eigenvalue weighted by molar-refractivity contribution is 7.48. The average molecular weight is 284 g/mol. The molecule has 2 unspecified atom stereocenters. The van der Waals surface area contributed by atoms with E-state index in [2.05, 4.69) is 30.2 Å². The van der Waals surface area contributed by atoms with Gasteiger partial charge in [0.25, 0.3) is 0 Å². The molecule has 0 spiro atoms. The number of carbonyl (C=O) groups is 2. The van der Waals surface area contributed by atoms with E-state index in [1.165, 1.54) is 0 Å². The fourth-order valence-electron chi connectivity index (χ4n) is 0.731. The van der Waals surface area contributed by atoms with Crippen LogP contribution in [0.2, 0.25) is 0 Å². The Morgan fingerprint density at radius 3 is 2.61 bits per heavy atom. The summed E-state index contributed by atoms with van der Waals surface area (Å²) in [6.07, 6.45) is -2.54. The van der Waals surface area contributed by atoms with Crippen molar-refractivity contribution in [3.05, 3.63) is 12.2 Å². The average Bonchev–Trinajstić information content (AvgIpc) is 2.36. The molecule has 0 aromatic rings. The molecule has 0 bridgehead atoms. The number of hydrogen-bond donors (Lipinski definition) is 2. The van der Waals surface area contributed by atoms with E-state index < -0.39 is 39.1 Å². The van der Waals surface area contributed by atoms with Crippen LogP contribution in [0.15, 0.2) is 12.2 Å². The van der Waals surface area contributed by atoms with Crippen molar-refractivity contribution in [2.24, 2.45) is 0 Å². The molecular weight excluding hydrogens is 275 g/mol. The second-order valence-corrected chi connectivity index (χ2v) is 4.35. The Morgan fingerprint density at radius 2 is 2.00 bits per heavy atom. The Labute approximate surface area is 100 Å². The summed E-state index contributed by atoms with van der Waals surface area (Å²) in [5, 5.41) is 17.4. The summed E-state index contributed by atoms with van der Waals surface area (Å²) >= 11 is 0. The lowest BCUT2D eigenvalue weighted by Gasteiger charge is -2.15. The summed E-state index contributed by atoms with van der Waals surface area (Å²) in [5.41, 5.74) is -0.334. The smallest absolute Gasteiger partial charge is 0.391 e. The van der Waals surface area contributed by atoms with Crippen LogP contribution in [-0.4, -0.2) is 35.0 Å². The third-order valence-corrected chi connectivity index (χ3v) is 2.49. The van der Waals surface area contributed by atoms with Gasteiger partial charge in [-0.25, -0.2) is 14.2 Å². The molecule has 1 saturated heterocycles. The van der Waals surface area contributed by atoms with Crippen LogP contribution < -0.4 is 0 Å². The third kappa shape index (κ3) is 4.18. The van der Waals surface area contributed by atoms with Gasteiger partial charge < -0.3 is 10.2 Å². The zero-order valence-corrected chi connectivity index (χ0v) is 9.70. The van der Waals surface area contributed by atoms with Crippen LogP contribution in [0, 0.1) is 0 Å². The molecule has 18 heavy (non-hydrogen) atoms. The van der Waals surface area contributed by atoms with Crippen LogP contribution in [0.1, 0.15) is 6.42 Å². The summed E-state index contributed by atoms with van der Waals surface area (Å²) < 4.78 is 23.8. The molecule has 0 amide bonds. The zero-order chi connectivity index (χ0) is 13.8.